The van der Waals surface area contributed by atoms with E-state index in [0.717, 1.165) is 17.5 Å². The molecule has 0 bridgehead atoms. The number of fused-ring (bicyclic) bond motifs is 2. The third kappa shape index (κ3) is 3.33. The number of hydrogen-bond acceptors (Lipinski definition) is 7. The van der Waals surface area contributed by atoms with Crippen LogP contribution in [0.2, 0.25) is 0 Å². The summed E-state index contributed by atoms with van der Waals surface area (Å²) in [7, 11) is 1.61. The van der Waals surface area contributed by atoms with Gasteiger partial charge >= 0.3 is 0 Å². The average Bonchev–Trinajstić information content (AvgIpc) is 3.40. The second-order valence-corrected chi connectivity index (χ2v) is 7.63. The van der Waals surface area contributed by atoms with E-state index in [9.17, 15) is 4.79 Å². The number of rotatable bonds is 6. The smallest absolute Gasteiger partial charge is 0.226 e. The largest absolute Gasteiger partial charge is 0.493 e. The van der Waals surface area contributed by atoms with E-state index in [2.05, 4.69) is 32.6 Å². The molecular formula is C22H23N7O3. The monoisotopic (exact) mass is 433 g/mol. The molecule has 10 nitrogen and oxygen atoms in total. The maximum Gasteiger partial charge on any atom is 0.226 e. The molecule has 3 aromatic heterocycles. The molecule has 0 fully saturated rings. The van der Waals surface area contributed by atoms with Crippen LogP contribution in [-0.2, 0) is 4.79 Å². The van der Waals surface area contributed by atoms with Gasteiger partial charge in [0, 0.05) is 17.9 Å². The van der Waals surface area contributed by atoms with Gasteiger partial charge in [-0.2, -0.15) is 14.3 Å². The van der Waals surface area contributed by atoms with E-state index in [1.165, 1.54) is 0 Å². The number of ether oxygens (including phenoxy) is 2. The van der Waals surface area contributed by atoms with Gasteiger partial charge < -0.3 is 14.8 Å². The van der Waals surface area contributed by atoms with Crippen molar-refractivity contribution in [2.75, 3.05) is 19.0 Å². The van der Waals surface area contributed by atoms with E-state index in [1.54, 1.807) is 28.6 Å². The summed E-state index contributed by atoms with van der Waals surface area (Å²) in [5, 5.41) is 20.2. The van der Waals surface area contributed by atoms with Crippen LogP contribution in [0, 0.1) is 6.92 Å². The number of nitrogens with one attached hydrogen (secondary N) is 1. The van der Waals surface area contributed by atoms with Crippen LogP contribution in [-0.4, -0.2) is 49.2 Å². The van der Waals surface area contributed by atoms with E-state index in [4.69, 9.17) is 9.47 Å². The van der Waals surface area contributed by atoms with Crippen LogP contribution in [0.3, 0.4) is 0 Å². The Labute approximate surface area is 184 Å². The van der Waals surface area contributed by atoms with Crippen molar-refractivity contribution in [3.8, 4) is 17.3 Å². The molecule has 5 rings (SSSR count). The Morgan fingerprint density at radius 2 is 2.06 bits per heavy atom. The Morgan fingerprint density at radius 3 is 2.88 bits per heavy atom. The Balaban J connectivity index is 1.55. The predicted molar refractivity (Wildman–Crippen MR) is 117 cm³/mol. The predicted octanol–water partition coefficient (Wildman–Crippen LogP) is 2.89. The molecule has 0 aliphatic carbocycles. The minimum Gasteiger partial charge on any atom is -0.493 e. The third-order valence-electron chi connectivity index (χ3n) is 5.49. The fraction of sp³-hybridized carbons (Fsp3) is 0.318. The van der Waals surface area contributed by atoms with Gasteiger partial charge in [0.1, 0.15) is 5.82 Å². The van der Waals surface area contributed by atoms with E-state index in [-0.39, 0.29) is 11.8 Å². The highest BCUT2D eigenvalue weighted by molar-refractivity contribution is 5.94. The Hall–Kier alpha value is -3.95. The Morgan fingerprint density at radius 1 is 1.19 bits per heavy atom. The van der Waals surface area contributed by atoms with Crippen molar-refractivity contribution in [3.63, 3.8) is 0 Å². The van der Waals surface area contributed by atoms with Crippen LogP contribution in [0.5, 0.6) is 11.5 Å². The van der Waals surface area contributed by atoms with Gasteiger partial charge in [-0.25, -0.2) is 0 Å². The van der Waals surface area contributed by atoms with E-state index in [1.807, 2.05) is 31.2 Å². The minimum atomic E-state index is -0.165. The number of carbonyl (C=O) groups is 1. The molecule has 0 saturated carbocycles. The van der Waals surface area contributed by atoms with Gasteiger partial charge in [-0.15, -0.1) is 15.3 Å². The highest BCUT2D eigenvalue weighted by atomic mass is 16.5. The highest BCUT2D eigenvalue weighted by Gasteiger charge is 2.31. The van der Waals surface area contributed by atoms with E-state index < -0.39 is 0 Å². The summed E-state index contributed by atoms with van der Waals surface area (Å²) in [5.74, 6) is 2.92. The van der Waals surface area contributed by atoms with Crippen molar-refractivity contribution >= 4 is 17.4 Å². The zero-order valence-electron chi connectivity index (χ0n) is 18.1. The molecule has 1 atom stereocenters. The number of benzene rings is 1. The number of aromatic nitrogens is 6. The maximum absolute atomic E-state index is 12.6. The number of carbonyl (C=O) groups excluding carboxylic acids is 1. The van der Waals surface area contributed by atoms with Crippen molar-refractivity contribution in [1.29, 1.82) is 0 Å². The molecule has 4 heterocycles. The van der Waals surface area contributed by atoms with Gasteiger partial charge in [-0.3, -0.25) is 4.79 Å². The molecule has 1 N–H and O–H groups in total. The van der Waals surface area contributed by atoms with Crippen LogP contribution >= 0.6 is 0 Å². The van der Waals surface area contributed by atoms with Crippen molar-refractivity contribution < 1.29 is 14.3 Å². The lowest BCUT2D eigenvalue weighted by molar-refractivity contribution is -0.116. The SMILES string of the molecule is CCCOc1ccc([C@@H]2CC(=O)Nc3c2cnn3-c2ccc3nnc(C)n3n2)cc1OC. The molecule has 0 spiro atoms. The quantitative estimate of drug-likeness (QED) is 0.498. The highest BCUT2D eigenvalue weighted by Crippen LogP contribution is 2.40. The van der Waals surface area contributed by atoms with Gasteiger partial charge in [0.05, 0.1) is 19.9 Å². The lowest BCUT2D eigenvalue weighted by Gasteiger charge is -2.24. The van der Waals surface area contributed by atoms with Crippen molar-refractivity contribution in [1.82, 2.24) is 29.6 Å². The number of amides is 1. The fourth-order valence-electron chi connectivity index (χ4n) is 3.92. The molecule has 1 amide bonds. The zero-order chi connectivity index (χ0) is 22.2. The standard InChI is InChI=1S/C22H23N7O3/c1-4-9-32-17-6-5-14(10-18(17)31-3)15-11-21(30)24-22-16(15)12-23-29(22)20-8-7-19-26-25-13(2)28(19)27-20/h5-8,10,12,15H,4,9,11H2,1-3H3,(H,24,30)/t15-/m0/s1. The number of hydrogen-bond donors (Lipinski definition) is 1. The van der Waals surface area contributed by atoms with Crippen LogP contribution in [0.4, 0.5) is 5.82 Å². The molecule has 0 unspecified atom stereocenters. The Kier molecular flexibility index (Phi) is 4.96. The number of aryl methyl sites for hydroxylation is 1. The summed E-state index contributed by atoms with van der Waals surface area (Å²) in [6.07, 6.45) is 3.00. The maximum atomic E-state index is 12.6. The van der Waals surface area contributed by atoms with E-state index >= 15 is 0 Å². The summed E-state index contributed by atoms with van der Waals surface area (Å²) >= 11 is 0. The van der Waals surface area contributed by atoms with Crippen molar-refractivity contribution in [3.05, 3.63) is 53.5 Å². The topological polar surface area (TPSA) is 108 Å². The van der Waals surface area contributed by atoms with Crippen LogP contribution in [0.1, 0.15) is 42.6 Å². The fourth-order valence-corrected chi connectivity index (χ4v) is 3.92. The Bertz CT molecular complexity index is 1310. The number of methoxy groups -OCH3 is 1. The van der Waals surface area contributed by atoms with Crippen LogP contribution in [0.15, 0.2) is 36.5 Å². The van der Waals surface area contributed by atoms with Gasteiger partial charge in [0.25, 0.3) is 0 Å². The summed E-state index contributed by atoms with van der Waals surface area (Å²) in [6, 6.07) is 9.42. The molecular weight excluding hydrogens is 410 g/mol. The summed E-state index contributed by atoms with van der Waals surface area (Å²) in [4.78, 5) is 12.6. The first-order valence-electron chi connectivity index (χ1n) is 10.5. The summed E-state index contributed by atoms with van der Waals surface area (Å²) in [5.41, 5.74) is 2.52. The first-order valence-corrected chi connectivity index (χ1v) is 10.5. The van der Waals surface area contributed by atoms with Crippen molar-refractivity contribution in [2.45, 2.75) is 32.6 Å². The van der Waals surface area contributed by atoms with Crippen molar-refractivity contribution in [2.24, 2.45) is 0 Å². The average molecular weight is 433 g/mol. The lowest BCUT2D eigenvalue weighted by Crippen LogP contribution is -2.25. The normalized spacial score (nSPS) is 15.5. The third-order valence-corrected chi connectivity index (χ3v) is 5.49. The molecule has 0 saturated heterocycles. The number of anilines is 1. The van der Waals surface area contributed by atoms with Gasteiger partial charge in [0.2, 0.25) is 5.91 Å². The second-order valence-electron chi connectivity index (χ2n) is 7.63. The second kappa shape index (κ2) is 7.95. The lowest BCUT2D eigenvalue weighted by atomic mass is 9.87. The molecule has 10 heteroatoms. The first kappa shape index (κ1) is 20.0. The van der Waals surface area contributed by atoms with Crippen LogP contribution in [0.25, 0.3) is 11.5 Å². The minimum absolute atomic E-state index is 0.0870. The molecule has 0 radical (unpaired) electrons. The summed E-state index contributed by atoms with van der Waals surface area (Å²) < 4.78 is 14.6. The number of nitrogens with zero attached hydrogens (tertiary/aromatic N) is 6. The molecule has 32 heavy (non-hydrogen) atoms. The molecule has 1 aromatic carbocycles. The molecule has 1 aliphatic heterocycles. The molecule has 164 valence electrons. The summed E-state index contributed by atoms with van der Waals surface area (Å²) in [6.45, 7) is 4.49. The van der Waals surface area contributed by atoms with E-state index in [0.29, 0.717) is 47.6 Å². The van der Waals surface area contributed by atoms with Gasteiger partial charge in [-0.1, -0.05) is 13.0 Å². The molecule has 1 aliphatic rings. The first-order chi connectivity index (χ1) is 15.6. The zero-order valence-corrected chi connectivity index (χ0v) is 18.1. The van der Waals surface area contributed by atoms with Crippen LogP contribution < -0.4 is 14.8 Å². The van der Waals surface area contributed by atoms with Gasteiger partial charge in [0.15, 0.2) is 28.8 Å². The van der Waals surface area contributed by atoms with Gasteiger partial charge in [-0.05, 0) is 43.2 Å². The molecule has 4 aromatic rings.